The van der Waals surface area contributed by atoms with Crippen LogP contribution in [0.25, 0.3) is 0 Å². The van der Waals surface area contributed by atoms with E-state index in [4.69, 9.17) is 5.73 Å². The minimum atomic E-state index is -0.364. The Morgan fingerprint density at radius 1 is 1.29 bits per heavy atom. The van der Waals surface area contributed by atoms with E-state index in [0.29, 0.717) is 5.56 Å². The predicted molar refractivity (Wildman–Crippen MR) is 72.3 cm³/mol. The first-order valence-corrected chi connectivity index (χ1v) is 6.30. The maximum atomic E-state index is 11.2. The van der Waals surface area contributed by atoms with Gasteiger partial charge in [0, 0.05) is 17.8 Å². The quantitative estimate of drug-likeness (QED) is 0.712. The summed E-state index contributed by atoms with van der Waals surface area (Å²) in [7, 11) is 0. The molecule has 0 aliphatic heterocycles. The van der Waals surface area contributed by atoms with Gasteiger partial charge in [-0.1, -0.05) is 32.3 Å². The van der Waals surface area contributed by atoms with E-state index in [1.165, 1.54) is 19.3 Å². The van der Waals surface area contributed by atoms with E-state index in [1.54, 1.807) is 6.07 Å². The molecular weight excluding hydrogens is 212 g/mol. The molecule has 0 heterocycles. The Morgan fingerprint density at radius 2 is 2.06 bits per heavy atom. The molecule has 0 bridgehead atoms. The van der Waals surface area contributed by atoms with Crippen LogP contribution in [0, 0.1) is 6.92 Å². The highest BCUT2D eigenvalue weighted by atomic mass is 16.1. The molecule has 1 rings (SSSR count). The third-order valence-electron chi connectivity index (χ3n) is 2.95. The van der Waals surface area contributed by atoms with Crippen molar-refractivity contribution < 1.29 is 4.79 Å². The zero-order chi connectivity index (χ0) is 12.7. The van der Waals surface area contributed by atoms with Gasteiger partial charge in [-0.3, -0.25) is 4.79 Å². The number of carbonyl (C=O) groups excluding carboxylic acids is 1. The van der Waals surface area contributed by atoms with Crippen LogP contribution in [0.15, 0.2) is 18.2 Å². The van der Waals surface area contributed by atoms with Gasteiger partial charge < -0.3 is 11.1 Å². The lowest BCUT2D eigenvalue weighted by Crippen LogP contribution is -2.14. The van der Waals surface area contributed by atoms with Crippen molar-refractivity contribution in [3.8, 4) is 0 Å². The lowest BCUT2D eigenvalue weighted by molar-refractivity contribution is 0.1000. The number of nitrogens with one attached hydrogen (secondary N) is 1. The fourth-order valence-corrected chi connectivity index (χ4v) is 1.87. The predicted octanol–water partition coefficient (Wildman–Crippen LogP) is 3.09. The maximum Gasteiger partial charge on any atom is 0.249 e. The number of primary amides is 1. The van der Waals surface area contributed by atoms with Crippen molar-refractivity contribution in [2.75, 3.05) is 11.9 Å². The highest BCUT2D eigenvalue weighted by Gasteiger charge is 2.07. The number of hydrogen-bond donors (Lipinski definition) is 2. The number of unbranched alkanes of at least 4 members (excludes halogenated alkanes) is 3. The molecule has 3 N–H and O–H groups in total. The molecular formula is C14H22N2O. The molecule has 0 aromatic heterocycles. The van der Waals surface area contributed by atoms with E-state index in [0.717, 1.165) is 24.2 Å². The number of carbonyl (C=O) groups is 1. The fourth-order valence-electron chi connectivity index (χ4n) is 1.87. The van der Waals surface area contributed by atoms with Gasteiger partial charge in [0.15, 0.2) is 0 Å². The second-order valence-corrected chi connectivity index (χ2v) is 4.33. The van der Waals surface area contributed by atoms with Crippen molar-refractivity contribution in [2.24, 2.45) is 5.73 Å². The smallest absolute Gasteiger partial charge is 0.249 e. The van der Waals surface area contributed by atoms with Gasteiger partial charge in [0.25, 0.3) is 0 Å². The van der Waals surface area contributed by atoms with E-state index >= 15 is 0 Å². The van der Waals surface area contributed by atoms with Crippen LogP contribution in [-0.4, -0.2) is 12.5 Å². The van der Waals surface area contributed by atoms with Gasteiger partial charge in [-0.15, -0.1) is 0 Å². The number of rotatable bonds is 7. The molecule has 94 valence electrons. The second kappa shape index (κ2) is 6.94. The first-order chi connectivity index (χ1) is 8.16. The van der Waals surface area contributed by atoms with Crippen LogP contribution in [0.2, 0.25) is 0 Å². The van der Waals surface area contributed by atoms with Crippen LogP contribution >= 0.6 is 0 Å². The number of benzene rings is 1. The molecule has 17 heavy (non-hydrogen) atoms. The van der Waals surface area contributed by atoms with Crippen molar-refractivity contribution in [2.45, 2.75) is 39.5 Å². The van der Waals surface area contributed by atoms with Crippen molar-refractivity contribution in [3.63, 3.8) is 0 Å². The summed E-state index contributed by atoms with van der Waals surface area (Å²) < 4.78 is 0. The molecule has 0 radical (unpaired) electrons. The Morgan fingerprint density at radius 3 is 2.71 bits per heavy atom. The molecule has 0 fully saturated rings. The first kappa shape index (κ1) is 13.6. The van der Waals surface area contributed by atoms with Gasteiger partial charge in [-0.2, -0.15) is 0 Å². The molecule has 0 spiro atoms. The van der Waals surface area contributed by atoms with Gasteiger partial charge in [0.1, 0.15) is 0 Å². The molecule has 1 aromatic carbocycles. The molecule has 1 aromatic rings. The van der Waals surface area contributed by atoms with Crippen molar-refractivity contribution in [1.29, 1.82) is 0 Å². The molecule has 0 atom stereocenters. The lowest BCUT2D eigenvalue weighted by Gasteiger charge is -2.11. The van der Waals surface area contributed by atoms with Crippen molar-refractivity contribution in [1.82, 2.24) is 0 Å². The summed E-state index contributed by atoms with van der Waals surface area (Å²) in [6.45, 7) is 5.07. The molecule has 3 nitrogen and oxygen atoms in total. The average Bonchev–Trinajstić information content (AvgIpc) is 2.30. The van der Waals surface area contributed by atoms with E-state index in [1.807, 2.05) is 19.1 Å². The summed E-state index contributed by atoms with van der Waals surface area (Å²) >= 11 is 0. The SMILES string of the molecule is CCCCCCNc1cccc(C(N)=O)c1C. The van der Waals surface area contributed by atoms with Crippen LogP contribution in [0.1, 0.15) is 48.5 Å². The van der Waals surface area contributed by atoms with Crippen molar-refractivity contribution in [3.05, 3.63) is 29.3 Å². The number of amides is 1. The molecule has 0 aliphatic carbocycles. The minimum Gasteiger partial charge on any atom is -0.385 e. The van der Waals surface area contributed by atoms with Gasteiger partial charge in [0.05, 0.1) is 0 Å². The van der Waals surface area contributed by atoms with E-state index < -0.39 is 0 Å². The second-order valence-electron chi connectivity index (χ2n) is 4.33. The summed E-state index contributed by atoms with van der Waals surface area (Å²) in [6, 6.07) is 5.61. The zero-order valence-corrected chi connectivity index (χ0v) is 10.8. The van der Waals surface area contributed by atoms with Gasteiger partial charge in [-0.05, 0) is 31.0 Å². The monoisotopic (exact) mass is 234 g/mol. The minimum absolute atomic E-state index is 0.364. The Balaban J connectivity index is 2.54. The number of anilines is 1. The Kier molecular flexibility index (Phi) is 5.53. The van der Waals surface area contributed by atoms with Crippen LogP contribution in [-0.2, 0) is 0 Å². The molecule has 3 heteroatoms. The molecule has 0 saturated heterocycles. The van der Waals surface area contributed by atoms with E-state index in [-0.39, 0.29) is 5.91 Å². The third-order valence-corrected chi connectivity index (χ3v) is 2.95. The van der Waals surface area contributed by atoms with Crippen LogP contribution in [0.5, 0.6) is 0 Å². The topological polar surface area (TPSA) is 55.1 Å². The summed E-state index contributed by atoms with van der Waals surface area (Å²) in [5.41, 5.74) is 7.86. The Bertz CT molecular complexity index is 374. The number of hydrogen-bond acceptors (Lipinski definition) is 2. The molecule has 0 aliphatic rings. The third kappa shape index (κ3) is 4.10. The maximum absolute atomic E-state index is 11.2. The van der Waals surface area contributed by atoms with E-state index in [9.17, 15) is 4.79 Å². The zero-order valence-electron chi connectivity index (χ0n) is 10.8. The summed E-state index contributed by atoms with van der Waals surface area (Å²) in [5.74, 6) is -0.364. The van der Waals surface area contributed by atoms with Crippen LogP contribution in [0.4, 0.5) is 5.69 Å². The van der Waals surface area contributed by atoms with Crippen LogP contribution in [0.3, 0.4) is 0 Å². The molecule has 0 unspecified atom stereocenters. The lowest BCUT2D eigenvalue weighted by atomic mass is 10.1. The average molecular weight is 234 g/mol. The van der Waals surface area contributed by atoms with Gasteiger partial charge in [0.2, 0.25) is 5.91 Å². The largest absolute Gasteiger partial charge is 0.385 e. The number of nitrogens with two attached hydrogens (primary N) is 1. The standard InChI is InChI=1S/C14H22N2O/c1-3-4-5-6-10-16-13-9-7-8-12(11(13)2)14(15)17/h7-9,16H,3-6,10H2,1-2H3,(H2,15,17). The highest BCUT2D eigenvalue weighted by molar-refractivity contribution is 5.95. The molecule has 1 amide bonds. The first-order valence-electron chi connectivity index (χ1n) is 6.30. The highest BCUT2D eigenvalue weighted by Crippen LogP contribution is 2.18. The Labute approximate surface area is 103 Å². The van der Waals surface area contributed by atoms with E-state index in [2.05, 4.69) is 12.2 Å². The van der Waals surface area contributed by atoms with Crippen LogP contribution < -0.4 is 11.1 Å². The summed E-state index contributed by atoms with van der Waals surface area (Å²) in [6.07, 6.45) is 4.93. The fraction of sp³-hybridized carbons (Fsp3) is 0.500. The summed E-state index contributed by atoms with van der Waals surface area (Å²) in [4.78, 5) is 11.2. The summed E-state index contributed by atoms with van der Waals surface area (Å²) in [5, 5.41) is 3.36. The van der Waals surface area contributed by atoms with Crippen molar-refractivity contribution >= 4 is 11.6 Å². The van der Waals surface area contributed by atoms with Gasteiger partial charge >= 0.3 is 0 Å². The normalized spacial score (nSPS) is 10.2. The molecule has 0 saturated carbocycles. The Hall–Kier alpha value is -1.51. The van der Waals surface area contributed by atoms with Gasteiger partial charge in [-0.25, -0.2) is 0 Å².